The Hall–Kier alpha value is -2.60. The van der Waals surface area contributed by atoms with Gasteiger partial charge in [0.2, 0.25) is 0 Å². The Morgan fingerprint density at radius 1 is 0.521 bits per heavy atom. The average Bonchev–Trinajstić information content (AvgIpc) is 3.06. The second-order valence-electron chi connectivity index (χ2n) is 16.1. The Bertz CT molecular complexity index is 1440. The standard InChI is InChI=1S/C15H23N.2C14H22N2/c1-11(2)14-7-5-6-13-8-9-16(12(3)4)10-15(13)14;1-10(2)14-13-6-8-16(11(3)4)9-12(13)5-7-15-14;1-10(2)14-7-13-9-16(11(3)4)6-5-12(13)8-15-14/h5-7,11-12H,8-10H2,1-4H3;5,7,10-11H,6,8-9H2,1-4H3;7-8,10-11H,5-6,9H2,1-4H3. The molecule has 0 atom stereocenters. The van der Waals surface area contributed by atoms with E-state index in [1.165, 1.54) is 59.7 Å². The summed E-state index contributed by atoms with van der Waals surface area (Å²) >= 11 is 0. The number of hydrogen-bond donors (Lipinski definition) is 0. The van der Waals surface area contributed by atoms with E-state index in [-0.39, 0.29) is 0 Å². The summed E-state index contributed by atoms with van der Waals surface area (Å²) < 4.78 is 0. The van der Waals surface area contributed by atoms with Gasteiger partial charge in [-0.05, 0) is 130 Å². The molecular formula is C43H67N5. The van der Waals surface area contributed by atoms with E-state index in [9.17, 15) is 0 Å². The monoisotopic (exact) mass is 654 g/mol. The molecule has 5 heterocycles. The van der Waals surface area contributed by atoms with Gasteiger partial charge < -0.3 is 0 Å². The van der Waals surface area contributed by atoms with Gasteiger partial charge in [0.05, 0.1) is 0 Å². The molecule has 5 heteroatoms. The van der Waals surface area contributed by atoms with Gasteiger partial charge in [-0.2, -0.15) is 0 Å². The zero-order valence-corrected chi connectivity index (χ0v) is 32.6. The van der Waals surface area contributed by atoms with E-state index in [0.717, 1.165) is 32.5 Å². The Morgan fingerprint density at radius 2 is 1.10 bits per heavy atom. The summed E-state index contributed by atoms with van der Waals surface area (Å²) in [6.45, 7) is 34.0. The first-order chi connectivity index (χ1) is 22.8. The van der Waals surface area contributed by atoms with Gasteiger partial charge in [0.1, 0.15) is 0 Å². The molecule has 48 heavy (non-hydrogen) atoms. The third-order valence-electron chi connectivity index (χ3n) is 10.6. The summed E-state index contributed by atoms with van der Waals surface area (Å²) in [5, 5.41) is 0. The Kier molecular flexibility index (Phi) is 13.8. The number of benzene rings is 1. The molecule has 0 saturated heterocycles. The van der Waals surface area contributed by atoms with Gasteiger partial charge in [-0.15, -0.1) is 0 Å². The molecule has 0 unspecified atom stereocenters. The van der Waals surface area contributed by atoms with Crippen molar-refractivity contribution in [1.82, 2.24) is 24.7 Å². The molecule has 0 saturated carbocycles. The van der Waals surface area contributed by atoms with Gasteiger partial charge in [-0.3, -0.25) is 24.7 Å². The molecule has 3 aromatic rings. The smallest absolute Gasteiger partial charge is 0.0464 e. The van der Waals surface area contributed by atoms with Crippen molar-refractivity contribution in [2.75, 3.05) is 19.6 Å². The van der Waals surface area contributed by atoms with Crippen molar-refractivity contribution in [2.24, 2.45) is 0 Å². The maximum atomic E-state index is 4.54. The van der Waals surface area contributed by atoms with Crippen molar-refractivity contribution in [3.8, 4) is 0 Å². The van der Waals surface area contributed by atoms with Crippen LogP contribution in [-0.4, -0.2) is 62.4 Å². The summed E-state index contributed by atoms with van der Waals surface area (Å²) in [5.74, 6) is 1.71. The van der Waals surface area contributed by atoms with Crippen molar-refractivity contribution in [3.05, 3.63) is 93.1 Å². The van der Waals surface area contributed by atoms with Crippen molar-refractivity contribution in [2.45, 2.75) is 158 Å². The van der Waals surface area contributed by atoms with E-state index in [1.807, 2.05) is 6.20 Å². The molecule has 0 fully saturated rings. The number of pyridine rings is 2. The van der Waals surface area contributed by atoms with E-state index in [2.05, 4.69) is 144 Å². The topological polar surface area (TPSA) is 35.5 Å². The molecule has 0 amide bonds. The molecule has 0 aliphatic carbocycles. The normalized spacial score (nSPS) is 16.9. The molecule has 0 N–H and O–H groups in total. The van der Waals surface area contributed by atoms with Crippen LogP contribution in [-0.2, 0) is 38.9 Å². The zero-order chi connectivity index (χ0) is 35.1. The highest BCUT2D eigenvalue weighted by Gasteiger charge is 2.23. The van der Waals surface area contributed by atoms with E-state index >= 15 is 0 Å². The Labute approximate surface area is 294 Å². The Balaban J connectivity index is 0.000000163. The molecule has 3 aliphatic heterocycles. The number of fused-ring (bicyclic) bond motifs is 3. The van der Waals surface area contributed by atoms with Crippen LogP contribution in [0.4, 0.5) is 0 Å². The molecule has 5 nitrogen and oxygen atoms in total. The summed E-state index contributed by atoms with van der Waals surface area (Å²) in [7, 11) is 0. The fourth-order valence-electron chi connectivity index (χ4n) is 7.32. The predicted molar refractivity (Wildman–Crippen MR) is 205 cm³/mol. The lowest BCUT2D eigenvalue weighted by molar-refractivity contribution is 0.202. The molecule has 1 aromatic carbocycles. The highest BCUT2D eigenvalue weighted by molar-refractivity contribution is 5.39. The van der Waals surface area contributed by atoms with E-state index in [1.54, 1.807) is 16.7 Å². The fraction of sp³-hybridized carbons (Fsp3) is 0.628. The minimum atomic E-state index is 0.528. The van der Waals surface area contributed by atoms with E-state index in [4.69, 9.17) is 0 Å². The van der Waals surface area contributed by atoms with Crippen LogP contribution in [0.15, 0.2) is 42.7 Å². The van der Waals surface area contributed by atoms with Crippen LogP contribution in [0.25, 0.3) is 0 Å². The van der Waals surface area contributed by atoms with Crippen LogP contribution in [0.3, 0.4) is 0 Å². The predicted octanol–water partition coefficient (Wildman–Crippen LogP) is 9.52. The molecule has 3 aliphatic rings. The van der Waals surface area contributed by atoms with E-state index < -0.39 is 0 Å². The second kappa shape index (κ2) is 17.4. The van der Waals surface area contributed by atoms with Gasteiger partial charge in [0.15, 0.2) is 0 Å². The molecule has 2 aromatic heterocycles. The SMILES string of the molecule is CC(C)c1cc2c(cn1)CCN(C(C)C)C2.CC(C)c1cccc2c1CN(C(C)C)CC2.CC(C)c1nccc2c1CCN(C(C)C)C2. The first-order valence-corrected chi connectivity index (χ1v) is 19.0. The summed E-state index contributed by atoms with van der Waals surface area (Å²) in [6.07, 6.45) is 7.59. The van der Waals surface area contributed by atoms with Crippen LogP contribution >= 0.6 is 0 Å². The summed E-state index contributed by atoms with van der Waals surface area (Å²) in [6, 6.07) is 13.3. The van der Waals surface area contributed by atoms with Gasteiger partial charge in [-0.25, -0.2) is 0 Å². The quantitative estimate of drug-likeness (QED) is 0.265. The van der Waals surface area contributed by atoms with Crippen LogP contribution in [0, 0.1) is 0 Å². The minimum Gasteiger partial charge on any atom is -0.296 e. The lowest BCUT2D eigenvalue weighted by atomic mass is 9.89. The lowest BCUT2D eigenvalue weighted by Gasteiger charge is -2.33. The number of nitrogens with zero attached hydrogens (tertiary/aromatic N) is 5. The average molecular weight is 654 g/mol. The van der Waals surface area contributed by atoms with Gasteiger partial charge in [0.25, 0.3) is 0 Å². The van der Waals surface area contributed by atoms with Gasteiger partial charge in [-0.1, -0.05) is 59.7 Å². The van der Waals surface area contributed by atoms with Crippen LogP contribution in [0.5, 0.6) is 0 Å². The van der Waals surface area contributed by atoms with Crippen LogP contribution in [0.2, 0.25) is 0 Å². The first-order valence-electron chi connectivity index (χ1n) is 19.0. The molecule has 264 valence electrons. The van der Waals surface area contributed by atoms with Crippen LogP contribution < -0.4 is 0 Å². The molecule has 0 spiro atoms. The molecule has 6 rings (SSSR count). The van der Waals surface area contributed by atoms with Crippen molar-refractivity contribution in [1.29, 1.82) is 0 Å². The van der Waals surface area contributed by atoms with E-state index in [0.29, 0.717) is 35.9 Å². The molecule has 0 radical (unpaired) electrons. The number of aromatic nitrogens is 2. The summed E-state index contributed by atoms with van der Waals surface area (Å²) in [4.78, 5) is 16.7. The number of hydrogen-bond acceptors (Lipinski definition) is 5. The summed E-state index contributed by atoms with van der Waals surface area (Å²) in [5.41, 5.74) is 13.2. The zero-order valence-electron chi connectivity index (χ0n) is 32.6. The second-order valence-corrected chi connectivity index (χ2v) is 16.1. The van der Waals surface area contributed by atoms with Gasteiger partial charge >= 0.3 is 0 Å². The highest BCUT2D eigenvalue weighted by Crippen LogP contribution is 2.29. The van der Waals surface area contributed by atoms with Gasteiger partial charge in [0, 0.05) is 81.2 Å². The molecular weight excluding hydrogens is 587 g/mol. The third-order valence-corrected chi connectivity index (χ3v) is 10.6. The minimum absolute atomic E-state index is 0.528. The fourth-order valence-corrected chi connectivity index (χ4v) is 7.32. The maximum Gasteiger partial charge on any atom is 0.0464 e. The molecule has 0 bridgehead atoms. The van der Waals surface area contributed by atoms with Crippen molar-refractivity contribution in [3.63, 3.8) is 0 Å². The van der Waals surface area contributed by atoms with Crippen molar-refractivity contribution >= 4 is 0 Å². The maximum absolute atomic E-state index is 4.54. The Morgan fingerprint density at radius 3 is 1.69 bits per heavy atom. The largest absolute Gasteiger partial charge is 0.296 e. The number of rotatable bonds is 6. The first kappa shape index (κ1) is 38.2. The van der Waals surface area contributed by atoms with Crippen molar-refractivity contribution < 1.29 is 0 Å². The lowest BCUT2D eigenvalue weighted by Crippen LogP contribution is -2.36. The third kappa shape index (κ3) is 9.76. The highest BCUT2D eigenvalue weighted by atomic mass is 15.2. The van der Waals surface area contributed by atoms with Crippen LogP contribution in [0.1, 0.15) is 151 Å².